The van der Waals surface area contributed by atoms with Gasteiger partial charge in [0.25, 0.3) is 0 Å². The molecule has 0 spiro atoms. The third kappa shape index (κ3) is 3.40. The van der Waals surface area contributed by atoms with Crippen molar-refractivity contribution in [1.82, 2.24) is 4.98 Å². The number of pyridine rings is 1. The lowest BCUT2D eigenvalue weighted by Gasteiger charge is -2.07. The monoisotopic (exact) mass is 304 g/mol. The summed E-state index contributed by atoms with van der Waals surface area (Å²) < 4.78 is 0.780. The molecule has 0 saturated heterocycles. The Morgan fingerprint density at radius 3 is 2.67 bits per heavy atom. The van der Waals surface area contributed by atoms with Crippen LogP contribution in [0.25, 0.3) is 0 Å². The Kier molecular flexibility index (Phi) is 4.10. The van der Waals surface area contributed by atoms with E-state index in [-0.39, 0.29) is 5.91 Å². The predicted octanol–water partition coefficient (Wildman–Crippen LogP) is 3.33. The van der Waals surface area contributed by atoms with E-state index in [1.165, 1.54) is 5.56 Å². The Hall–Kier alpha value is -1.68. The van der Waals surface area contributed by atoms with Gasteiger partial charge in [0.1, 0.15) is 0 Å². The van der Waals surface area contributed by atoms with Crippen molar-refractivity contribution in [1.29, 1.82) is 0 Å². The Labute approximate surface area is 114 Å². The minimum Gasteiger partial charge on any atom is -0.325 e. The lowest BCUT2D eigenvalue weighted by atomic mass is 10.1. The first kappa shape index (κ1) is 12.8. The van der Waals surface area contributed by atoms with E-state index in [4.69, 9.17) is 0 Å². The zero-order valence-electron chi connectivity index (χ0n) is 9.98. The largest absolute Gasteiger partial charge is 0.325 e. The molecular formula is C14H13BrN2O. The van der Waals surface area contributed by atoms with Crippen LogP contribution in [0.1, 0.15) is 11.1 Å². The van der Waals surface area contributed by atoms with E-state index in [1.54, 1.807) is 18.5 Å². The summed E-state index contributed by atoms with van der Waals surface area (Å²) in [4.78, 5) is 15.8. The summed E-state index contributed by atoms with van der Waals surface area (Å²) in [6.07, 6.45) is 3.67. The lowest BCUT2D eigenvalue weighted by Crippen LogP contribution is -2.14. The van der Waals surface area contributed by atoms with Crippen LogP contribution in [0.15, 0.2) is 47.2 Å². The fraction of sp³-hybridized carbons (Fsp3) is 0.143. The molecule has 2 rings (SSSR count). The SMILES string of the molecule is Cc1ccc(CC(=O)Nc2ccncc2Br)cc1. The molecule has 0 unspecified atom stereocenters. The quantitative estimate of drug-likeness (QED) is 0.945. The minimum atomic E-state index is -0.0363. The number of anilines is 1. The molecule has 1 heterocycles. The van der Waals surface area contributed by atoms with Crippen LogP contribution < -0.4 is 5.32 Å². The van der Waals surface area contributed by atoms with Crippen molar-refractivity contribution in [3.63, 3.8) is 0 Å². The number of carbonyl (C=O) groups is 1. The van der Waals surface area contributed by atoms with Crippen LogP contribution in [0, 0.1) is 6.92 Å². The van der Waals surface area contributed by atoms with Gasteiger partial charge in [-0.2, -0.15) is 0 Å². The third-order valence-electron chi connectivity index (χ3n) is 2.53. The summed E-state index contributed by atoms with van der Waals surface area (Å²) in [5.41, 5.74) is 2.93. The average molecular weight is 305 g/mol. The number of halogens is 1. The number of aromatic nitrogens is 1. The zero-order valence-corrected chi connectivity index (χ0v) is 11.6. The molecule has 0 atom stereocenters. The van der Waals surface area contributed by atoms with Gasteiger partial charge in [-0.1, -0.05) is 29.8 Å². The van der Waals surface area contributed by atoms with Crippen LogP contribution in [0.2, 0.25) is 0 Å². The number of carbonyl (C=O) groups excluding carboxylic acids is 1. The van der Waals surface area contributed by atoms with Crippen LogP contribution in [-0.4, -0.2) is 10.9 Å². The van der Waals surface area contributed by atoms with E-state index >= 15 is 0 Å². The first-order valence-electron chi connectivity index (χ1n) is 5.60. The number of hydrogen-bond acceptors (Lipinski definition) is 2. The standard InChI is InChI=1S/C14H13BrN2O/c1-10-2-4-11(5-3-10)8-14(18)17-13-6-7-16-9-12(13)15/h2-7,9H,8H2,1H3,(H,16,17,18). The van der Waals surface area contributed by atoms with Crippen LogP contribution in [0.4, 0.5) is 5.69 Å². The van der Waals surface area contributed by atoms with Gasteiger partial charge in [-0.15, -0.1) is 0 Å². The molecule has 1 aromatic carbocycles. The highest BCUT2D eigenvalue weighted by Gasteiger charge is 2.06. The van der Waals surface area contributed by atoms with E-state index in [9.17, 15) is 4.79 Å². The summed E-state index contributed by atoms with van der Waals surface area (Å²) in [6.45, 7) is 2.03. The number of amides is 1. The van der Waals surface area contributed by atoms with Crippen molar-refractivity contribution in [3.8, 4) is 0 Å². The van der Waals surface area contributed by atoms with Crippen LogP contribution in [0.3, 0.4) is 0 Å². The van der Waals surface area contributed by atoms with Gasteiger partial charge in [-0.3, -0.25) is 9.78 Å². The average Bonchev–Trinajstić information content (AvgIpc) is 2.35. The number of rotatable bonds is 3. The summed E-state index contributed by atoms with van der Waals surface area (Å²) in [5, 5.41) is 2.85. The summed E-state index contributed by atoms with van der Waals surface area (Å²) in [5.74, 6) is -0.0363. The topological polar surface area (TPSA) is 42.0 Å². The Bertz CT molecular complexity index is 552. The van der Waals surface area contributed by atoms with Gasteiger partial charge in [0.2, 0.25) is 5.91 Å². The molecule has 0 radical (unpaired) electrons. The summed E-state index contributed by atoms with van der Waals surface area (Å²) in [6, 6.07) is 9.71. The molecule has 3 nitrogen and oxygen atoms in total. The van der Waals surface area contributed by atoms with E-state index in [1.807, 2.05) is 31.2 Å². The van der Waals surface area contributed by atoms with Gasteiger partial charge >= 0.3 is 0 Å². The highest BCUT2D eigenvalue weighted by molar-refractivity contribution is 9.10. The van der Waals surface area contributed by atoms with E-state index in [0.717, 1.165) is 15.7 Å². The molecule has 1 N–H and O–H groups in total. The Balaban J connectivity index is 2.01. The maximum atomic E-state index is 11.9. The maximum Gasteiger partial charge on any atom is 0.228 e. The van der Waals surface area contributed by atoms with Gasteiger partial charge in [0.05, 0.1) is 16.6 Å². The number of benzene rings is 1. The molecule has 1 amide bonds. The predicted molar refractivity (Wildman–Crippen MR) is 75.4 cm³/mol. The summed E-state index contributed by atoms with van der Waals surface area (Å²) >= 11 is 3.34. The van der Waals surface area contributed by atoms with E-state index < -0.39 is 0 Å². The van der Waals surface area contributed by atoms with Crippen molar-refractivity contribution in [2.75, 3.05) is 5.32 Å². The molecule has 0 aliphatic carbocycles. The maximum absolute atomic E-state index is 11.9. The Morgan fingerprint density at radius 2 is 2.00 bits per heavy atom. The molecule has 0 fully saturated rings. The number of aryl methyl sites for hydroxylation is 1. The Morgan fingerprint density at radius 1 is 1.28 bits per heavy atom. The second-order valence-electron chi connectivity index (χ2n) is 4.07. The van der Waals surface area contributed by atoms with Gasteiger partial charge < -0.3 is 5.32 Å². The highest BCUT2D eigenvalue weighted by Crippen LogP contribution is 2.20. The van der Waals surface area contributed by atoms with Crippen molar-refractivity contribution < 1.29 is 4.79 Å². The number of nitrogens with one attached hydrogen (secondary N) is 1. The molecule has 4 heteroatoms. The minimum absolute atomic E-state index is 0.0363. The van der Waals surface area contributed by atoms with Crippen molar-refractivity contribution in [2.45, 2.75) is 13.3 Å². The number of nitrogens with zero attached hydrogens (tertiary/aromatic N) is 1. The number of hydrogen-bond donors (Lipinski definition) is 1. The first-order chi connectivity index (χ1) is 8.65. The molecule has 0 aliphatic heterocycles. The van der Waals surface area contributed by atoms with E-state index in [2.05, 4.69) is 26.2 Å². The lowest BCUT2D eigenvalue weighted by molar-refractivity contribution is -0.115. The second kappa shape index (κ2) is 5.78. The molecule has 1 aromatic heterocycles. The smallest absolute Gasteiger partial charge is 0.228 e. The second-order valence-corrected chi connectivity index (χ2v) is 4.92. The molecular weight excluding hydrogens is 292 g/mol. The summed E-state index contributed by atoms with van der Waals surface area (Å²) in [7, 11) is 0. The van der Waals surface area contributed by atoms with Gasteiger partial charge in [-0.05, 0) is 34.5 Å². The normalized spacial score (nSPS) is 10.1. The molecule has 0 saturated carbocycles. The van der Waals surface area contributed by atoms with Crippen LogP contribution >= 0.6 is 15.9 Å². The first-order valence-corrected chi connectivity index (χ1v) is 6.39. The van der Waals surface area contributed by atoms with Gasteiger partial charge in [-0.25, -0.2) is 0 Å². The highest BCUT2D eigenvalue weighted by atomic mass is 79.9. The zero-order chi connectivity index (χ0) is 13.0. The van der Waals surface area contributed by atoms with Crippen molar-refractivity contribution in [2.24, 2.45) is 0 Å². The van der Waals surface area contributed by atoms with Crippen molar-refractivity contribution in [3.05, 3.63) is 58.3 Å². The molecule has 2 aromatic rings. The fourth-order valence-corrected chi connectivity index (χ4v) is 1.91. The van der Waals surface area contributed by atoms with E-state index in [0.29, 0.717) is 6.42 Å². The molecule has 18 heavy (non-hydrogen) atoms. The molecule has 0 bridgehead atoms. The van der Waals surface area contributed by atoms with Gasteiger partial charge in [0, 0.05) is 12.4 Å². The van der Waals surface area contributed by atoms with Crippen LogP contribution in [0.5, 0.6) is 0 Å². The fourth-order valence-electron chi connectivity index (χ4n) is 1.56. The molecule has 0 aliphatic rings. The van der Waals surface area contributed by atoms with Gasteiger partial charge in [0.15, 0.2) is 0 Å². The molecule has 92 valence electrons. The third-order valence-corrected chi connectivity index (χ3v) is 3.16. The van der Waals surface area contributed by atoms with Crippen LogP contribution in [-0.2, 0) is 11.2 Å². The van der Waals surface area contributed by atoms with Crippen molar-refractivity contribution >= 4 is 27.5 Å².